The maximum atomic E-state index is 5.42. The van der Waals surface area contributed by atoms with Crippen LogP contribution in [0.3, 0.4) is 0 Å². The minimum Gasteiger partial charge on any atom is -0.273 e. The molecule has 0 bridgehead atoms. The standard InChI is InChI=1S/C5H4B2NP/c6-4-1-3(9)2-8-5(4)7/h1-2H,9H2. The normalized spacial score (nSPS) is 9.44. The molecular weight excluding hydrogens is 127 g/mol. The van der Waals surface area contributed by atoms with Crippen molar-refractivity contribution in [3.8, 4) is 0 Å². The van der Waals surface area contributed by atoms with Crippen LogP contribution in [0.2, 0.25) is 0 Å². The zero-order chi connectivity index (χ0) is 6.85. The van der Waals surface area contributed by atoms with Crippen LogP contribution in [0.1, 0.15) is 0 Å². The monoisotopic (exact) mass is 131 g/mol. The third-order valence-electron chi connectivity index (χ3n) is 0.971. The third kappa shape index (κ3) is 1.56. The van der Waals surface area contributed by atoms with E-state index in [-0.39, 0.29) is 0 Å². The van der Waals surface area contributed by atoms with Crippen LogP contribution in [-0.4, -0.2) is 20.7 Å². The molecule has 40 valence electrons. The van der Waals surface area contributed by atoms with Crippen molar-refractivity contribution < 1.29 is 0 Å². The van der Waals surface area contributed by atoms with Crippen LogP contribution in [-0.2, 0) is 0 Å². The Morgan fingerprint density at radius 3 is 2.56 bits per heavy atom. The summed E-state index contributed by atoms with van der Waals surface area (Å²) in [5.41, 5.74) is 0.920. The van der Waals surface area contributed by atoms with E-state index in [0.717, 1.165) is 5.30 Å². The third-order valence-corrected chi connectivity index (χ3v) is 1.29. The fourth-order valence-corrected chi connectivity index (χ4v) is 0.763. The predicted octanol–water partition coefficient (Wildman–Crippen LogP) is -1.83. The summed E-state index contributed by atoms with van der Waals surface area (Å²) in [6.45, 7) is 0. The van der Waals surface area contributed by atoms with Crippen LogP contribution < -0.4 is 16.4 Å². The molecule has 9 heavy (non-hydrogen) atoms. The van der Waals surface area contributed by atoms with Gasteiger partial charge >= 0.3 is 0 Å². The zero-order valence-electron chi connectivity index (χ0n) is 4.83. The van der Waals surface area contributed by atoms with Crippen LogP contribution in [0.15, 0.2) is 12.3 Å². The molecule has 1 unspecified atom stereocenters. The van der Waals surface area contributed by atoms with E-state index in [1.807, 2.05) is 0 Å². The molecule has 1 aromatic heterocycles. The van der Waals surface area contributed by atoms with E-state index in [9.17, 15) is 0 Å². The summed E-state index contributed by atoms with van der Waals surface area (Å²) in [4.78, 5) is 3.81. The lowest BCUT2D eigenvalue weighted by Crippen LogP contribution is -2.30. The number of nitrogens with zero attached hydrogens (tertiary/aromatic N) is 1. The van der Waals surface area contributed by atoms with Crippen molar-refractivity contribution in [2.24, 2.45) is 0 Å². The van der Waals surface area contributed by atoms with Gasteiger partial charge in [-0.3, -0.25) is 4.98 Å². The Hall–Kier alpha value is -0.290. The lowest BCUT2D eigenvalue weighted by Gasteiger charge is -1.98. The lowest BCUT2D eigenvalue weighted by atomic mass is 9.86. The number of rotatable bonds is 0. The molecule has 4 radical (unpaired) electrons. The zero-order valence-corrected chi connectivity index (χ0v) is 5.99. The maximum Gasteiger partial charge on any atom is 0.140 e. The van der Waals surface area contributed by atoms with E-state index in [1.165, 1.54) is 0 Å². The van der Waals surface area contributed by atoms with Crippen molar-refractivity contribution >= 4 is 41.3 Å². The average molecular weight is 131 g/mol. The van der Waals surface area contributed by atoms with E-state index >= 15 is 0 Å². The Morgan fingerprint density at radius 1 is 1.44 bits per heavy atom. The first-order chi connectivity index (χ1) is 4.20. The van der Waals surface area contributed by atoms with Gasteiger partial charge in [-0.15, -0.1) is 9.24 Å². The van der Waals surface area contributed by atoms with Crippen molar-refractivity contribution in [2.75, 3.05) is 0 Å². The molecule has 0 aliphatic heterocycles. The molecule has 1 rings (SSSR count). The summed E-state index contributed by atoms with van der Waals surface area (Å²) in [6.07, 6.45) is 1.65. The van der Waals surface area contributed by atoms with Crippen LogP contribution >= 0.6 is 9.24 Å². The van der Waals surface area contributed by atoms with Crippen molar-refractivity contribution in [1.29, 1.82) is 0 Å². The molecule has 1 nitrogen and oxygen atoms in total. The highest BCUT2D eigenvalue weighted by Crippen LogP contribution is 1.78. The smallest absolute Gasteiger partial charge is 0.140 e. The molecular formula is C5H4B2NP. The molecule has 0 aliphatic carbocycles. The van der Waals surface area contributed by atoms with Crippen molar-refractivity contribution in [3.05, 3.63) is 12.3 Å². The molecule has 0 aromatic carbocycles. The molecule has 1 atom stereocenters. The van der Waals surface area contributed by atoms with Gasteiger partial charge in [-0.2, -0.15) is 0 Å². The Labute approximate surface area is 59.3 Å². The molecule has 4 heteroatoms. The van der Waals surface area contributed by atoms with Gasteiger partial charge in [0.25, 0.3) is 0 Å². The summed E-state index contributed by atoms with van der Waals surface area (Å²) in [7, 11) is 13.3. The first-order valence-corrected chi connectivity index (χ1v) is 3.04. The summed E-state index contributed by atoms with van der Waals surface area (Å²) < 4.78 is 0. The van der Waals surface area contributed by atoms with Crippen molar-refractivity contribution in [1.82, 2.24) is 4.98 Å². The second-order valence-electron chi connectivity index (χ2n) is 1.74. The molecule has 0 N–H and O–H groups in total. The van der Waals surface area contributed by atoms with Gasteiger partial charge in [0, 0.05) is 6.20 Å². The molecule has 0 saturated heterocycles. The second-order valence-corrected chi connectivity index (χ2v) is 2.41. The lowest BCUT2D eigenvalue weighted by molar-refractivity contribution is 1.43. The van der Waals surface area contributed by atoms with Gasteiger partial charge in [0.1, 0.15) is 15.7 Å². The van der Waals surface area contributed by atoms with Crippen molar-refractivity contribution in [3.63, 3.8) is 0 Å². The Kier molecular flexibility index (Phi) is 1.92. The molecule has 0 spiro atoms. The number of hydrogen-bond donors (Lipinski definition) is 0. The summed E-state index contributed by atoms with van der Waals surface area (Å²) in [6, 6.07) is 1.76. The average Bonchev–Trinajstić information content (AvgIpc) is 1.80. The molecule has 0 fully saturated rings. The van der Waals surface area contributed by atoms with E-state index < -0.39 is 0 Å². The largest absolute Gasteiger partial charge is 0.273 e. The van der Waals surface area contributed by atoms with E-state index in [4.69, 9.17) is 15.7 Å². The second kappa shape index (κ2) is 2.53. The summed E-state index contributed by atoms with van der Waals surface area (Å²) in [5, 5.41) is 0.946. The quantitative estimate of drug-likeness (QED) is 0.298. The minimum absolute atomic E-state index is 0.390. The van der Waals surface area contributed by atoms with Gasteiger partial charge in [0.05, 0.1) is 0 Å². The molecule has 0 amide bonds. The maximum absolute atomic E-state index is 5.42. The van der Waals surface area contributed by atoms with Crippen LogP contribution in [0.4, 0.5) is 0 Å². The Balaban J connectivity index is 3.17. The predicted molar refractivity (Wildman–Crippen MR) is 44.4 cm³/mol. The van der Waals surface area contributed by atoms with Crippen LogP contribution in [0.5, 0.6) is 0 Å². The van der Waals surface area contributed by atoms with Gasteiger partial charge < -0.3 is 0 Å². The number of pyridine rings is 1. The van der Waals surface area contributed by atoms with E-state index in [0.29, 0.717) is 11.1 Å². The SMILES string of the molecule is [B]c1cc(P)cnc1[B]. The Bertz CT molecular complexity index is 226. The van der Waals surface area contributed by atoms with Gasteiger partial charge in [-0.05, 0) is 10.9 Å². The molecule has 0 saturated carbocycles. The highest BCUT2D eigenvalue weighted by atomic mass is 31.0. The Morgan fingerprint density at radius 2 is 2.11 bits per heavy atom. The van der Waals surface area contributed by atoms with Crippen molar-refractivity contribution in [2.45, 2.75) is 0 Å². The number of hydrogen-bond acceptors (Lipinski definition) is 1. The molecule has 0 aliphatic rings. The highest BCUT2D eigenvalue weighted by molar-refractivity contribution is 7.27. The summed E-state index contributed by atoms with van der Waals surface area (Å²) in [5.74, 6) is 0. The van der Waals surface area contributed by atoms with Crippen LogP contribution in [0, 0.1) is 0 Å². The fourth-order valence-electron chi connectivity index (χ4n) is 0.509. The van der Waals surface area contributed by atoms with Crippen LogP contribution in [0.25, 0.3) is 0 Å². The van der Waals surface area contributed by atoms with Gasteiger partial charge in [-0.1, -0.05) is 11.5 Å². The minimum atomic E-state index is 0.390. The summed E-state index contributed by atoms with van der Waals surface area (Å²) >= 11 is 0. The van der Waals surface area contributed by atoms with Gasteiger partial charge in [0.15, 0.2) is 0 Å². The molecule has 1 aromatic rings. The van der Waals surface area contributed by atoms with Gasteiger partial charge in [-0.25, -0.2) is 0 Å². The molecule has 1 heterocycles. The van der Waals surface area contributed by atoms with Gasteiger partial charge in [0.2, 0.25) is 0 Å². The first kappa shape index (κ1) is 6.82. The van der Waals surface area contributed by atoms with E-state index in [1.54, 1.807) is 12.3 Å². The highest BCUT2D eigenvalue weighted by Gasteiger charge is 1.90. The fraction of sp³-hybridized carbons (Fsp3) is 0. The van der Waals surface area contributed by atoms with E-state index in [2.05, 4.69) is 14.2 Å². The topological polar surface area (TPSA) is 12.9 Å². The number of aromatic nitrogens is 1. The first-order valence-electron chi connectivity index (χ1n) is 2.46.